The van der Waals surface area contributed by atoms with Crippen molar-refractivity contribution in [2.24, 2.45) is 5.92 Å². The Morgan fingerprint density at radius 3 is 2.15 bits per heavy atom. The number of likely N-dealkylation sites (N-methyl/N-ethyl adjacent to an activating group) is 1. The summed E-state index contributed by atoms with van der Waals surface area (Å²) in [5, 5.41) is 7.67. The van der Waals surface area contributed by atoms with Gasteiger partial charge in [0.05, 0.1) is 13.2 Å². The van der Waals surface area contributed by atoms with Crippen LogP contribution in [-0.4, -0.2) is 55.9 Å². The molecule has 8 heteroatoms. The molecular formula is C18H33N3O5. The smallest absolute Gasteiger partial charge is 0.408 e. The van der Waals surface area contributed by atoms with Crippen molar-refractivity contribution >= 4 is 17.9 Å². The van der Waals surface area contributed by atoms with E-state index >= 15 is 0 Å². The molecule has 0 aliphatic heterocycles. The zero-order valence-electron chi connectivity index (χ0n) is 16.7. The summed E-state index contributed by atoms with van der Waals surface area (Å²) in [4.78, 5) is 36.6. The number of ether oxygens (including phenoxy) is 2. The first kappa shape index (κ1) is 23.9. The molecule has 26 heavy (non-hydrogen) atoms. The average Bonchev–Trinajstić information content (AvgIpc) is 2.50. The fourth-order valence-corrected chi connectivity index (χ4v) is 2.05. The summed E-state index contributed by atoms with van der Waals surface area (Å²) in [7, 11) is 1.47. The summed E-state index contributed by atoms with van der Waals surface area (Å²) in [5.41, 5.74) is -0.675. The SMILES string of the molecule is C=CCOC[C@H](NC(=O)[C@@H](CC(C)C)NC(=O)OC(C)(C)C)C(=O)NC. The van der Waals surface area contributed by atoms with Gasteiger partial charge in [0.15, 0.2) is 0 Å². The highest BCUT2D eigenvalue weighted by molar-refractivity contribution is 5.91. The van der Waals surface area contributed by atoms with Crippen LogP contribution in [0.25, 0.3) is 0 Å². The van der Waals surface area contributed by atoms with Gasteiger partial charge >= 0.3 is 6.09 Å². The van der Waals surface area contributed by atoms with Crippen LogP contribution in [0.3, 0.4) is 0 Å². The van der Waals surface area contributed by atoms with Crippen LogP contribution in [0.5, 0.6) is 0 Å². The lowest BCUT2D eigenvalue weighted by Gasteiger charge is -2.25. The lowest BCUT2D eigenvalue weighted by molar-refractivity contribution is -0.131. The molecule has 0 aliphatic rings. The van der Waals surface area contributed by atoms with E-state index in [9.17, 15) is 14.4 Å². The largest absolute Gasteiger partial charge is 0.444 e. The monoisotopic (exact) mass is 371 g/mol. The van der Waals surface area contributed by atoms with E-state index in [0.717, 1.165) is 0 Å². The van der Waals surface area contributed by atoms with Crippen LogP contribution in [-0.2, 0) is 19.1 Å². The molecule has 0 heterocycles. The number of amides is 3. The minimum Gasteiger partial charge on any atom is -0.444 e. The number of carbonyl (C=O) groups excluding carboxylic acids is 3. The quantitative estimate of drug-likeness (QED) is 0.397. The topological polar surface area (TPSA) is 106 Å². The van der Waals surface area contributed by atoms with E-state index in [-0.39, 0.29) is 25.0 Å². The number of hydrogen-bond acceptors (Lipinski definition) is 5. The maximum Gasteiger partial charge on any atom is 0.408 e. The number of hydrogen-bond donors (Lipinski definition) is 3. The second-order valence-corrected chi connectivity index (χ2v) is 7.33. The summed E-state index contributed by atoms with van der Waals surface area (Å²) < 4.78 is 10.5. The molecule has 0 aromatic rings. The molecule has 0 saturated carbocycles. The van der Waals surface area contributed by atoms with Gasteiger partial charge in [-0.2, -0.15) is 0 Å². The summed E-state index contributed by atoms with van der Waals surface area (Å²) in [6.45, 7) is 12.9. The van der Waals surface area contributed by atoms with Gasteiger partial charge in [-0.25, -0.2) is 4.79 Å². The Morgan fingerprint density at radius 1 is 1.08 bits per heavy atom. The number of nitrogens with one attached hydrogen (secondary N) is 3. The highest BCUT2D eigenvalue weighted by Crippen LogP contribution is 2.10. The van der Waals surface area contributed by atoms with E-state index in [1.165, 1.54) is 7.05 Å². The Kier molecular flexibility index (Phi) is 10.6. The van der Waals surface area contributed by atoms with E-state index < -0.39 is 29.7 Å². The van der Waals surface area contributed by atoms with Gasteiger partial charge in [0.25, 0.3) is 0 Å². The standard InChI is InChI=1S/C18H33N3O5/c1-8-9-25-11-14(15(22)19-7)20-16(23)13(10-12(2)3)21-17(24)26-18(4,5)6/h8,12-14H,1,9-11H2,2-7H3,(H,19,22)(H,20,23)(H,21,24)/t13-,14+/m1/s1. The number of alkyl carbamates (subject to hydrolysis) is 1. The highest BCUT2D eigenvalue weighted by atomic mass is 16.6. The van der Waals surface area contributed by atoms with Crippen molar-refractivity contribution in [3.05, 3.63) is 12.7 Å². The first-order valence-corrected chi connectivity index (χ1v) is 8.70. The normalized spacial score (nSPS) is 13.5. The van der Waals surface area contributed by atoms with Gasteiger partial charge in [-0.3, -0.25) is 9.59 Å². The third-order valence-corrected chi connectivity index (χ3v) is 3.11. The van der Waals surface area contributed by atoms with Gasteiger partial charge in [-0.05, 0) is 33.1 Å². The van der Waals surface area contributed by atoms with E-state index in [4.69, 9.17) is 9.47 Å². The first-order valence-electron chi connectivity index (χ1n) is 8.70. The second-order valence-electron chi connectivity index (χ2n) is 7.33. The van der Waals surface area contributed by atoms with E-state index in [1.807, 2.05) is 13.8 Å². The molecule has 3 amide bonds. The minimum atomic E-state index is -0.873. The molecule has 0 aromatic heterocycles. The zero-order valence-corrected chi connectivity index (χ0v) is 16.7. The Balaban J connectivity index is 5.03. The first-order chi connectivity index (χ1) is 12.0. The molecule has 2 atom stereocenters. The molecule has 0 spiro atoms. The molecule has 0 unspecified atom stereocenters. The van der Waals surface area contributed by atoms with Crippen molar-refractivity contribution in [3.8, 4) is 0 Å². The van der Waals surface area contributed by atoms with Crippen LogP contribution in [0, 0.1) is 5.92 Å². The predicted molar refractivity (Wildman–Crippen MR) is 99.6 cm³/mol. The van der Waals surface area contributed by atoms with Crippen molar-refractivity contribution in [1.82, 2.24) is 16.0 Å². The van der Waals surface area contributed by atoms with E-state index in [2.05, 4.69) is 22.5 Å². The summed E-state index contributed by atoms with van der Waals surface area (Å²) in [6.07, 6.45) is 1.27. The van der Waals surface area contributed by atoms with Crippen LogP contribution in [0.1, 0.15) is 41.0 Å². The molecule has 0 fully saturated rings. The van der Waals surface area contributed by atoms with Crippen LogP contribution >= 0.6 is 0 Å². The fourth-order valence-electron chi connectivity index (χ4n) is 2.05. The van der Waals surface area contributed by atoms with E-state index in [0.29, 0.717) is 6.42 Å². The zero-order chi connectivity index (χ0) is 20.3. The molecular weight excluding hydrogens is 338 g/mol. The lowest BCUT2D eigenvalue weighted by atomic mass is 10.0. The Bertz CT molecular complexity index is 486. The van der Waals surface area contributed by atoms with Crippen molar-refractivity contribution < 1.29 is 23.9 Å². The molecule has 0 aliphatic carbocycles. The van der Waals surface area contributed by atoms with Crippen LogP contribution in [0.15, 0.2) is 12.7 Å². The molecule has 0 saturated heterocycles. The molecule has 0 aromatic carbocycles. The lowest BCUT2D eigenvalue weighted by Crippen LogP contribution is -2.55. The average molecular weight is 371 g/mol. The van der Waals surface area contributed by atoms with Crippen molar-refractivity contribution in [2.45, 2.75) is 58.7 Å². The minimum absolute atomic E-state index is 0.00172. The fraction of sp³-hybridized carbons (Fsp3) is 0.722. The number of rotatable bonds is 10. The maximum absolute atomic E-state index is 12.6. The maximum atomic E-state index is 12.6. The van der Waals surface area contributed by atoms with Gasteiger partial charge < -0.3 is 25.4 Å². The third kappa shape index (κ3) is 10.7. The van der Waals surface area contributed by atoms with Gasteiger partial charge in [0.2, 0.25) is 11.8 Å². The molecule has 0 rings (SSSR count). The van der Waals surface area contributed by atoms with Gasteiger partial charge in [0.1, 0.15) is 17.7 Å². The van der Waals surface area contributed by atoms with Gasteiger partial charge in [-0.15, -0.1) is 6.58 Å². The molecule has 8 nitrogen and oxygen atoms in total. The summed E-state index contributed by atoms with van der Waals surface area (Å²) in [6, 6.07) is -1.70. The molecule has 3 N–H and O–H groups in total. The van der Waals surface area contributed by atoms with Crippen molar-refractivity contribution in [3.63, 3.8) is 0 Å². The van der Waals surface area contributed by atoms with Gasteiger partial charge in [0, 0.05) is 7.05 Å². The molecule has 150 valence electrons. The van der Waals surface area contributed by atoms with Gasteiger partial charge in [-0.1, -0.05) is 19.9 Å². The number of carbonyl (C=O) groups is 3. The Labute approximate surface area is 156 Å². The van der Waals surface area contributed by atoms with E-state index in [1.54, 1.807) is 26.8 Å². The third-order valence-electron chi connectivity index (χ3n) is 3.11. The summed E-state index contributed by atoms with van der Waals surface area (Å²) >= 11 is 0. The molecule has 0 bridgehead atoms. The Morgan fingerprint density at radius 2 is 1.69 bits per heavy atom. The predicted octanol–water partition coefficient (Wildman–Crippen LogP) is 1.36. The second kappa shape index (κ2) is 11.5. The Hall–Kier alpha value is -2.09. The van der Waals surface area contributed by atoms with Crippen LogP contribution in [0.4, 0.5) is 4.79 Å². The molecule has 0 radical (unpaired) electrons. The van der Waals surface area contributed by atoms with Crippen LogP contribution in [0.2, 0.25) is 0 Å². The van der Waals surface area contributed by atoms with Crippen molar-refractivity contribution in [1.29, 1.82) is 0 Å². The highest BCUT2D eigenvalue weighted by Gasteiger charge is 2.28. The van der Waals surface area contributed by atoms with Crippen LogP contribution < -0.4 is 16.0 Å². The summed E-state index contributed by atoms with van der Waals surface area (Å²) in [5.74, 6) is -0.709. The van der Waals surface area contributed by atoms with Crippen molar-refractivity contribution in [2.75, 3.05) is 20.3 Å².